The molecule has 0 radical (unpaired) electrons. The summed E-state index contributed by atoms with van der Waals surface area (Å²) in [6.07, 6.45) is 6.06. The molecule has 15 heavy (non-hydrogen) atoms. The van der Waals surface area contributed by atoms with E-state index in [1.807, 2.05) is 0 Å². The third-order valence-electron chi connectivity index (χ3n) is 3.38. The lowest BCUT2D eigenvalue weighted by molar-refractivity contribution is 0.219. The van der Waals surface area contributed by atoms with Gasteiger partial charge in [0.25, 0.3) is 0 Å². The van der Waals surface area contributed by atoms with Crippen molar-refractivity contribution in [2.75, 3.05) is 6.54 Å². The Bertz CT molecular complexity index is 290. The van der Waals surface area contributed by atoms with Crippen LogP contribution in [0.25, 0.3) is 0 Å². The van der Waals surface area contributed by atoms with Crippen molar-refractivity contribution in [1.29, 1.82) is 0 Å². The van der Waals surface area contributed by atoms with E-state index in [0.29, 0.717) is 6.54 Å². The third kappa shape index (κ3) is 3.76. The van der Waals surface area contributed by atoms with Crippen LogP contribution >= 0.6 is 0 Å². The summed E-state index contributed by atoms with van der Waals surface area (Å²) in [5, 5.41) is -0.329. The highest BCUT2D eigenvalue weighted by Gasteiger charge is 2.28. The van der Waals surface area contributed by atoms with Crippen LogP contribution in [0, 0.1) is 5.41 Å². The Hall–Kier alpha value is -0.0900. The largest absolute Gasteiger partial charge is 0.214 e. The van der Waals surface area contributed by atoms with Gasteiger partial charge in [-0.2, -0.15) is 0 Å². The van der Waals surface area contributed by atoms with Crippen molar-refractivity contribution in [2.45, 2.75) is 58.1 Å². The molecule has 0 heterocycles. The van der Waals surface area contributed by atoms with E-state index in [4.69, 9.17) is 0 Å². The molecule has 0 saturated heterocycles. The second-order valence-corrected chi connectivity index (χ2v) is 7.61. The van der Waals surface area contributed by atoms with Crippen molar-refractivity contribution in [2.24, 2.45) is 5.41 Å². The quantitative estimate of drug-likeness (QED) is 0.809. The van der Waals surface area contributed by atoms with Crippen LogP contribution in [-0.2, 0) is 10.0 Å². The third-order valence-corrected chi connectivity index (χ3v) is 5.17. The van der Waals surface area contributed by atoms with Gasteiger partial charge in [0.2, 0.25) is 10.0 Å². The highest BCUT2D eigenvalue weighted by atomic mass is 32.2. The Balaban J connectivity index is 2.48. The summed E-state index contributed by atoms with van der Waals surface area (Å²) in [5.41, 5.74) is 0.181. The van der Waals surface area contributed by atoms with Gasteiger partial charge in [-0.25, -0.2) is 13.1 Å². The van der Waals surface area contributed by atoms with Crippen LogP contribution in [0.4, 0.5) is 0 Å². The zero-order valence-corrected chi connectivity index (χ0v) is 10.9. The minimum Gasteiger partial charge on any atom is -0.214 e. The van der Waals surface area contributed by atoms with Gasteiger partial charge in [0.15, 0.2) is 0 Å². The number of sulfonamides is 1. The molecule has 0 bridgehead atoms. The second kappa shape index (κ2) is 4.83. The standard InChI is InChI=1S/C11H23NO2S/c1-10(2)15(13,14)12-9-11(3)7-5-4-6-8-11/h10,12H,4-9H2,1-3H3. The Labute approximate surface area is 93.7 Å². The lowest BCUT2D eigenvalue weighted by atomic mass is 9.76. The predicted octanol–water partition coefficient (Wildman–Crippen LogP) is 2.28. The fourth-order valence-corrected chi connectivity index (χ4v) is 2.91. The van der Waals surface area contributed by atoms with Crippen molar-refractivity contribution in [3.05, 3.63) is 0 Å². The van der Waals surface area contributed by atoms with Crippen LogP contribution < -0.4 is 4.72 Å². The Morgan fingerprint density at radius 1 is 1.20 bits per heavy atom. The lowest BCUT2D eigenvalue weighted by Gasteiger charge is -2.33. The van der Waals surface area contributed by atoms with E-state index in [2.05, 4.69) is 11.6 Å². The molecule has 0 aromatic heterocycles. The first-order valence-corrected chi connectivity index (χ1v) is 7.39. The zero-order chi connectivity index (χ0) is 11.5. The van der Waals surface area contributed by atoms with Crippen LogP contribution in [-0.4, -0.2) is 20.2 Å². The van der Waals surface area contributed by atoms with Gasteiger partial charge in [-0.3, -0.25) is 0 Å². The predicted molar refractivity (Wildman–Crippen MR) is 63.3 cm³/mol. The van der Waals surface area contributed by atoms with E-state index in [9.17, 15) is 8.42 Å². The first kappa shape index (κ1) is 13.0. The maximum absolute atomic E-state index is 11.6. The molecule has 1 N–H and O–H groups in total. The highest BCUT2D eigenvalue weighted by molar-refractivity contribution is 7.90. The maximum Gasteiger partial charge on any atom is 0.213 e. The molecule has 0 unspecified atom stereocenters. The Morgan fingerprint density at radius 3 is 2.20 bits per heavy atom. The van der Waals surface area contributed by atoms with Crippen LogP contribution in [0.1, 0.15) is 52.9 Å². The number of hydrogen-bond donors (Lipinski definition) is 1. The van der Waals surface area contributed by atoms with Crippen molar-refractivity contribution in [1.82, 2.24) is 4.72 Å². The van der Waals surface area contributed by atoms with E-state index >= 15 is 0 Å². The van der Waals surface area contributed by atoms with Crippen LogP contribution in [0.2, 0.25) is 0 Å². The summed E-state index contributed by atoms with van der Waals surface area (Å²) in [6.45, 7) is 6.22. The average Bonchev–Trinajstić information content (AvgIpc) is 2.16. The van der Waals surface area contributed by atoms with Crippen LogP contribution in [0.15, 0.2) is 0 Å². The summed E-state index contributed by atoms with van der Waals surface area (Å²) >= 11 is 0. The van der Waals surface area contributed by atoms with Crippen LogP contribution in [0.5, 0.6) is 0 Å². The minimum atomic E-state index is -3.09. The molecule has 0 aromatic rings. The Kier molecular flexibility index (Phi) is 4.18. The molecule has 0 atom stereocenters. The van der Waals surface area contributed by atoms with Gasteiger partial charge in [0, 0.05) is 6.54 Å². The van der Waals surface area contributed by atoms with Crippen LogP contribution in [0.3, 0.4) is 0 Å². The van der Waals surface area contributed by atoms with Gasteiger partial charge >= 0.3 is 0 Å². The van der Waals surface area contributed by atoms with Gasteiger partial charge in [0.05, 0.1) is 5.25 Å². The van der Waals surface area contributed by atoms with Crippen molar-refractivity contribution >= 4 is 10.0 Å². The van der Waals surface area contributed by atoms with E-state index in [0.717, 1.165) is 12.8 Å². The first-order chi connectivity index (χ1) is 6.86. The molecule has 0 aromatic carbocycles. The normalized spacial score (nSPS) is 21.9. The summed E-state index contributed by atoms with van der Waals surface area (Å²) in [5.74, 6) is 0. The molecule has 1 aliphatic carbocycles. The number of rotatable bonds is 4. The summed E-state index contributed by atoms with van der Waals surface area (Å²) in [7, 11) is -3.09. The summed E-state index contributed by atoms with van der Waals surface area (Å²) < 4.78 is 25.9. The SMILES string of the molecule is CC(C)S(=O)(=O)NCC1(C)CCCCC1. The van der Waals surface area contributed by atoms with E-state index < -0.39 is 10.0 Å². The minimum absolute atomic E-state index is 0.181. The average molecular weight is 233 g/mol. The molecule has 1 fully saturated rings. The zero-order valence-electron chi connectivity index (χ0n) is 10.0. The fourth-order valence-electron chi connectivity index (χ4n) is 2.02. The number of nitrogens with one attached hydrogen (secondary N) is 1. The fraction of sp³-hybridized carbons (Fsp3) is 1.00. The van der Waals surface area contributed by atoms with Crippen molar-refractivity contribution < 1.29 is 8.42 Å². The molecule has 0 aliphatic heterocycles. The van der Waals surface area contributed by atoms with Gasteiger partial charge in [0.1, 0.15) is 0 Å². The number of hydrogen-bond acceptors (Lipinski definition) is 2. The van der Waals surface area contributed by atoms with E-state index in [1.165, 1.54) is 19.3 Å². The van der Waals surface area contributed by atoms with Crippen molar-refractivity contribution in [3.63, 3.8) is 0 Å². The summed E-state index contributed by atoms with van der Waals surface area (Å²) in [4.78, 5) is 0. The van der Waals surface area contributed by atoms with Gasteiger partial charge < -0.3 is 0 Å². The van der Waals surface area contributed by atoms with E-state index in [1.54, 1.807) is 13.8 Å². The van der Waals surface area contributed by atoms with Crippen molar-refractivity contribution in [3.8, 4) is 0 Å². The molecule has 4 heteroatoms. The maximum atomic E-state index is 11.6. The van der Waals surface area contributed by atoms with E-state index in [-0.39, 0.29) is 10.7 Å². The highest BCUT2D eigenvalue weighted by Crippen LogP contribution is 2.35. The van der Waals surface area contributed by atoms with Gasteiger partial charge in [-0.1, -0.05) is 26.2 Å². The first-order valence-electron chi connectivity index (χ1n) is 5.84. The molecule has 0 amide bonds. The van der Waals surface area contributed by atoms with Gasteiger partial charge in [-0.15, -0.1) is 0 Å². The molecule has 3 nitrogen and oxygen atoms in total. The molecule has 1 rings (SSSR count). The molecular formula is C11H23NO2S. The molecule has 90 valence electrons. The Morgan fingerprint density at radius 2 is 1.73 bits per heavy atom. The second-order valence-electron chi connectivity index (χ2n) is 5.29. The molecule has 0 spiro atoms. The van der Waals surface area contributed by atoms with Gasteiger partial charge in [-0.05, 0) is 32.1 Å². The summed E-state index contributed by atoms with van der Waals surface area (Å²) in [6, 6.07) is 0. The molecular weight excluding hydrogens is 210 g/mol. The molecule has 1 saturated carbocycles. The molecule has 1 aliphatic rings. The monoisotopic (exact) mass is 233 g/mol. The lowest BCUT2D eigenvalue weighted by Crippen LogP contribution is -2.39. The smallest absolute Gasteiger partial charge is 0.213 e. The topological polar surface area (TPSA) is 46.2 Å².